The lowest BCUT2D eigenvalue weighted by Crippen LogP contribution is -2.64. The number of hydrogen-bond donors (Lipinski definition) is 0. The summed E-state index contributed by atoms with van der Waals surface area (Å²) in [6.45, 7) is 13.4. The van der Waals surface area contributed by atoms with Crippen molar-refractivity contribution in [1.29, 1.82) is 0 Å². The van der Waals surface area contributed by atoms with Crippen molar-refractivity contribution >= 4 is 12.1 Å². The molecule has 0 radical (unpaired) electrons. The van der Waals surface area contributed by atoms with Gasteiger partial charge in [-0.05, 0) is 48.5 Å². The monoisotopic (exact) mass is 301 g/mol. The lowest BCUT2D eigenvalue weighted by molar-refractivity contribution is -0.176. The van der Waals surface area contributed by atoms with E-state index in [-0.39, 0.29) is 12.7 Å². The Morgan fingerprint density at radius 1 is 1.00 bits per heavy atom. The summed E-state index contributed by atoms with van der Waals surface area (Å²) >= 11 is 0. The van der Waals surface area contributed by atoms with Gasteiger partial charge in [-0.1, -0.05) is 0 Å². The number of esters is 1. The van der Waals surface area contributed by atoms with E-state index in [1.165, 1.54) is 0 Å². The molecule has 1 fully saturated rings. The molecular weight excluding hydrogens is 274 g/mol. The third kappa shape index (κ3) is 6.33. The van der Waals surface area contributed by atoms with Gasteiger partial charge < -0.3 is 19.1 Å². The highest BCUT2D eigenvalue weighted by Crippen LogP contribution is 2.26. The Morgan fingerprint density at radius 2 is 1.48 bits per heavy atom. The second kappa shape index (κ2) is 5.83. The van der Waals surface area contributed by atoms with Gasteiger partial charge in [-0.15, -0.1) is 0 Å². The number of rotatable bonds is 3. The Hall–Kier alpha value is -1.30. The van der Waals surface area contributed by atoms with E-state index in [0.717, 1.165) is 0 Å². The normalized spacial score (nSPS) is 18.0. The first-order chi connectivity index (χ1) is 9.30. The minimum Gasteiger partial charge on any atom is -0.458 e. The maximum Gasteiger partial charge on any atom is 0.410 e. The molecule has 21 heavy (non-hydrogen) atoms. The maximum absolute atomic E-state index is 11.8. The Balaban J connectivity index is 2.34. The van der Waals surface area contributed by atoms with E-state index < -0.39 is 22.8 Å². The van der Waals surface area contributed by atoms with Crippen molar-refractivity contribution in [3.63, 3.8) is 0 Å². The van der Waals surface area contributed by atoms with Gasteiger partial charge in [0.25, 0.3) is 0 Å². The summed E-state index contributed by atoms with van der Waals surface area (Å²) in [6, 6.07) is 0. The van der Waals surface area contributed by atoms with Crippen molar-refractivity contribution in [2.45, 2.75) is 65.3 Å². The lowest BCUT2D eigenvalue weighted by Gasteiger charge is -2.47. The number of carbonyl (C=O) groups is 2. The molecule has 1 aliphatic heterocycles. The van der Waals surface area contributed by atoms with Crippen LogP contribution in [0.4, 0.5) is 4.79 Å². The van der Waals surface area contributed by atoms with Gasteiger partial charge >= 0.3 is 12.1 Å². The van der Waals surface area contributed by atoms with Gasteiger partial charge in [0, 0.05) is 0 Å². The van der Waals surface area contributed by atoms with Crippen molar-refractivity contribution in [1.82, 2.24) is 4.90 Å². The van der Waals surface area contributed by atoms with Gasteiger partial charge in [-0.3, -0.25) is 0 Å². The Morgan fingerprint density at radius 3 is 1.90 bits per heavy atom. The summed E-state index contributed by atoms with van der Waals surface area (Å²) in [5, 5.41) is 0. The Bertz CT molecular complexity index is 394. The van der Waals surface area contributed by atoms with Crippen molar-refractivity contribution < 1.29 is 23.8 Å². The summed E-state index contributed by atoms with van der Waals surface area (Å²) in [7, 11) is 0. The van der Waals surface area contributed by atoms with Crippen LogP contribution in [-0.2, 0) is 19.0 Å². The van der Waals surface area contributed by atoms with E-state index in [2.05, 4.69) is 0 Å². The molecule has 0 saturated carbocycles. The van der Waals surface area contributed by atoms with Gasteiger partial charge in [0.05, 0.1) is 13.1 Å². The molecule has 0 bridgehead atoms. The Kier molecular flexibility index (Phi) is 4.93. The summed E-state index contributed by atoms with van der Waals surface area (Å²) in [5.74, 6) is -0.403. The molecule has 6 heteroatoms. The standard InChI is InChI=1S/C15H27NO5/c1-13(2,3)20-11(17)8-19-15(7)9-16(10-15)12(18)21-14(4,5)6/h8-10H2,1-7H3. The lowest BCUT2D eigenvalue weighted by atomic mass is 9.97. The van der Waals surface area contributed by atoms with Crippen LogP contribution in [0.2, 0.25) is 0 Å². The van der Waals surface area contributed by atoms with E-state index in [1.54, 1.807) is 25.7 Å². The van der Waals surface area contributed by atoms with Crippen molar-refractivity contribution in [3.8, 4) is 0 Å². The highest BCUT2D eigenvalue weighted by Gasteiger charge is 2.44. The van der Waals surface area contributed by atoms with Crippen LogP contribution in [0.3, 0.4) is 0 Å². The summed E-state index contributed by atoms with van der Waals surface area (Å²) in [4.78, 5) is 25.0. The van der Waals surface area contributed by atoms with Gasteiger partial charge in [-0.2, -0.15) is 0 Å². The van der Waals surface area contributed by atoms with Crippen LogP contribution in [0.25, 0.3) is 0 Å². The average Bonchev–Trinajstić information content (AvgIpc) is 2.17. The molecular formula is C15H27NO5. The molecule has 0 aromatic rings. The fourth-order valence-corrected chi connectivity index (χ4v) is 1.91. The molecule has 122 valence electrons. The SMILES string of the molecule is CC(C)(C)OC(=O)COC1(C)CN(C(=O)OC(C)(C)C)C1. The summed E-state index contributed by atoms with van der Waals surface area (Å²) in [6.07, 6.45) is -0.360. The molecule has 1 saturated heterocycles. The summed E-state index contributed by atoms with van der Waals surface area (Å²) in [5.41, 5.74) is -1.56. The van der Waals surface area contributed by atoms with Crippen LogP contribution >= 0.6 is 0 Å². The van der Waals surface area contributed by atoms with Crippen LogP contribution in [0.15, 0.2) is 0 Å². The molecule has 1 aliphatic rings. The molecule has 0 aliphatic carbocycles. The van der Waals surface area contributed by atoms with Crippen LogP contribution in [0.1, 0.15) is 48.5 Å². The topological polar surface area (TPSA) is 65.1 Å². The molecule has 0 unspecified atom stereocenters. The van der Waals surface area contributed by atoms with Crippen molar-refractivity contribution in [2.24, 2.45) is 0 Å². The molecule has 6 nitrogen and oxygen atoms in total. The fourth-order valence-electron chi connectivity index (χ4n) is 1.91. The van der Waals surface area contributed by atoms with Crippen LogP contribution in [-0.4, -0.2) is 53.5 Å². The minimum absolute atomic E-state index is 0.115. The Labute approximate surface area is 126 Å². The third-order valence-electron chi connectivity index (χ3n) is 2.66. The van der Waals surface area contributed by atoms with Gasteiger partial charge in [0.1, 0.15) is 23.4 Å². The second-order valence-electron chi connectivity index (χ2n) is 7.66. The van der Waals surface area contributed by atoms with E-state index >= 15 is 0 Å². The molecule has 1 heterocycles. The zero-order valence-electron chi connectivity index (χ0n) is 14.1. The quantitative estimate of drug-likeness (QED) is 0.749. The molecule has 1 amide bonds. The van der Waals surface area contributed by atoms with E-state index in [9.17, 15) is 9.59 Å². The second-order valence-corrected chi connectivity index (χ2v) is 7.66. The van der Waals surface area contributed by atoms with E-state index in [0.29, 0.717) is 13.1 Å². The van der Waals surface area contributed by atoms with E-state index in [1.807, 2.05) is 27.7 Å². The van der Waals surface area contributed by atoms with Crippen molar-refractivity contribution in [2.75, 3.05) is 19.7 Å². The number of hydrogen-bond acceptors (Lipinski definition) is 5. The van der Waals surface area contributed by atoms with Gasteiger partial charge in [0.2, 0.25) is 0 Å². The molecule has 0 atom stereocenters. The van der Waals surface area contributed by atoms with Crippen molar-refractivity contribution in [3.05, 3.63) is 0 Å². The molecule has 0 aromatic heterocycles. The highest BCUT2D eigenvalue weighted by molar-refractivity contribution is 5.71. The number of nitrogens with zero attached hydrogens (tertiary/aromatic N) is 1. The molecule has 0 spiro atoms. The first-order valence-electron chi connectivity index (χ1n) is 7.13. The zero-order valence-corrected chi connectivity index (χ0v) is 14.1. The first kappa shape index (κ1) is 17.8. The van der Waals surface area contributed by atoms with E-state index in [4.69, 9.17) is 14.2 Å². The van der Waals surface area contributed by atoms with Gasteiger partial charge in [0.15, 0.2) is 0 Å². The molecule has 0 aromatic carbocycles. The smallest absolute Gasteiger partial charge is 0.410 e. The van der Waals surface area contributed by atoms with Crippen LogP contribution in [0.5, 0.6) is 0 Å². The highest BCUT2D eigenvalue weighted by atomic mass is 16.6. The average molecular weight is 301 g/mol. The fraction of sp³-hybridized carbons (Fsp3) is 0.867. The number of likely N-dealkylation sites (tertiary alicyclic amines) is 1. The predicted octanol–water partition coefficient (Wildman–Crippen LogP) is 2.35. The van der Waals surface area contributed by atoms with Gasteiger partial charge in [-0.25, -0.2) is 9.59 Å². The summed E-state index contributed by atoms with van der Waals surface area (Å²) < 4.78 is 16.0. The number of amides is 1. The largest absolute Gasteiger partial charge is 0.458 e. The first-order valence-corrected chi connectivity index (χ1v) is 7.13. The zero-order chi connectivity index (χ0) is 16.5. The third-order valence-corrected chi connectivity index (χ3v) is 2.66. The van der Waals surface area contributed by atoms with Crippen LogP contribution < -0.4 is 0 Å². The number of carbonyl (C=O) groups excluding carboxylic acids is 2. The maximum atomic E-state index is 11.8. The molecule has 1 rings (SSSR count). The minimum atomic E-state index is -0.524. The van der Waals surface area contributed by atoms with Crippen LogP contribution in [0, 0.1) is 0 Å². The number of ether oxygens (including phenoxy) is 3. The predicted molar refractivity (Wildman–Crippen MR) is 78.0 cm³/mol. The molecule has 0 N–H and O–H groups in total.